The van der Waals surface area contributed by atoms with Crippen LogP contribution >= 0.6 is 11.8 Å². The van der Waals surface area contributed by atoms with Crippen LogP contribution in [0.4, 0.5) is 10.1 Å². The molecule has 1 heterocycles. The van der Waals surface area contributed by atoms with Gasteiger partial charge in [-0.1, -0.05) is 6.07 Å². The molecular formula is C18H15FN2O3S. The molecule has 0 aliphatic rings. The summed E-state index contributed by atoms with van der Waals surface area (Å²) in [6, 6.07) is 9.42. The second-order valence-corrected chi connectivity index (χ2v) is 6.47. The van der Waals surface area contributed by atoms with Gasteiger partial charge in [0, 0.05) is 29.1 Å². The molecule has 0 saturated heterocycles. The lowest BCUT2D eigenvalue weighted by atomic mass is 10.1. The smallest absolute Gasteiger partial charge is 0.234 e. The van der Waals surface area contributed by atoms with Crippen molar-refractivity contribution in [3.8, 4) is 0 Å². The minimum atomic E-state index is -0.510. The number of hydrogen-bond donors (Lipinski definition) is 1. The first-order valence-electron chi connectivity index (χ1n) is 7.53. The maximum Gasteiger partial charge on any atom is 0.234 e. The second kappa shape index (κ2) is 7.06. The first-order valence-corrected chi connectivity index (χ1v) is 8.51. The van der Waals surface area contributed by atoms with Gasteiger partial charge >= 0.3 is 0 Å². The SMILES string of the molecule is CC(=O)c1ccc(SCC(=O)Nc2ccc3nc(C)oc3c2)c(F)c1. The summed E-state index contributed by atoms with van der Waals surface area (Å²) in [6.07, 6.45) is 0. The number of Topliss-reactive ketones (excluding diaryl/α,β-unsaturated/α-hetero) is 1. The summed E-state index contributed by atoms with van der Waals surface area (Å²) >= 11 is 1.07. The van der Waals surface area contributed by atoms with Crippen LogP contribution in [-0.4, -0.2) is 22.4 Å². The molecule has 1 aromatic heterocycles. The van der Waals surface area contributed by atoms with E-state index in [0.29, 0.717) is 27.6 Å². The zero-order chi connectivity index (χ0) is 18.0. The van der Waals surface area contributed by atoms with Crippen LogP contribution in [0.15, 0.2) is 45.7 Å². The van der Waals surface area contributed by atoms with Crippen LogP contribution in [0, 0.1) is 12.7 Å². The van der Waals surface area contributed by atoms with Crippen LogP contribution in [-0.2, 0) is 4.79 Å². The minimum absolute atomic E-state index is 0.0454. The Morgan fingerprint density at radius 1 is 1.24 bits per heavy atom. The molecule has 0 saturated carbocycles. The van der Waals surface area contributed by atoms with Crippen molar-refractivity contribution in [2.24, 2.45) is 0 Å². The molecule has 2 aromatic carbocycles. The molecule has 0 unspecified atom stereocenters. The van der Waals surface area contributed by atoms with Crippen molar-refractivity contribution < 1.29 is 18.4 Å². The Balaban J connectivity index is 1.63. The number of rotatable bonds is 5. The Morgan fingerprint density at radius 2 is 2.04 bits per heavy atom. The lowest BCUT2D eigenvalue weighted by Crippen LogP contribution is -2.14. The van der Waals surface area contributed by atoms with E-state index in [1.807, 2.05) is 0 Å². The molecule has 3 aromatic rings. The molecule has 0 radical (unpaired) electrons. The third kappa shape index (κ3) is 4.06. The van der Waals surface area contributed by atoms with Crippen molar-refractivity contribution in [3.63, 3.8) is 0 Å². The van der Waals surface area contributed by atoms with Crippen molar-refractivity contribution in [2.75, 3.05) is 11.1 Å². The van der Waals surface area contributed by atoms with Crippen molar-refractivity contribution in [2.45, 2.75) is 18.7 Å². The van der Waals surface area contributed by atoms with Gasteiger partial charge in [0.2, 0.25) is 5.91 Å². The van der Waals surface area contributed by atoms with Crippen LogP contribution in [0.3, 0.4) is 0 Å². The number of nitrogens with zero attached hydrogens (tertiary/aromatic N) is 1. The highest BCUT2D eigenvalue weighted by Gasteiger charge is 2.10. The number of halogens is 1. The molecule has 128 valence electrons. The summed E-state index contributed by atoms with van der Waals surface area (Å²) < 4.78 is 19.4. The number of aryl methyl sites for hydroxylation is 1. The van der Waals surface area contributed by atoms with E-state index in [2.05, 4.69) is 10.3 Å². The highest BCUT2D eigenvalue weighted by atomic mass is 32.2. The lowest BCUT2D eigenvalue weighted by molar-refractivity contribution is -0.113. The number of nitrogens with one attached hydrogen (secondary N) is 1. The molecule has 0 aliphatic heterocycles. The number of fused-ring (bicyclic) bond motifs is 1. The summed E-state index contributed by atoms with van der Waals surface area (Å²) in [5.74, 6) is -0.381. The van der Waals surface area contributed by atoms with Crippen LogP contribution < -0.4 is 5.32 Å². The van der Waals surface area contributed by atoms with Gasteiger partial charge < -0.3 is 9.73 Å². The van der Waals surface area contributed by atoms with Gasteiger partial charge in [0.25, 0.3) is 0 Å². The third-order valence-electron chi connectivity index (χ3n) is 3.48. The Hall–Kier alpha value is -2.67. The number of hydrogen-bond acceptors (Lipinski definition) is 5. The van der Waals surface area contributed by atoms with Crippen molar-refractivity contribution in [3.05, 3.63) is 53.7 Å². The van der Waals surface area contributed by atoms with Gasteiger partial charge in [-0.2, -0.15) is 0 Å². The topological polar surface area (TPSA) is 72.2 Å². The maximum atomic E-state index is 13.9. The second-order valence-electron chi connectivity index (χ2n) is 5.45. The molecule has 1 amide bonds. The van der Waals surface area contributed by atoms with Crippen LogP contribution in [0.5, 0.6) is 0 Å². The first kappa shape index (κ1) is 17.2. The predicted octanol–water partition coefficient (Wildman–Crippen LogP) is 4.21. The Kier molecular flexibility index (Phi) is 4.85. The van der Waals surface area contributed by atoms with Crippen LogP contribution in [0.2, 0.25) is 0 Å². The van der Waals surface area contributed by atoms with E-state index >= 15 is 0 Å². The summed E-state index contributed by atoms with van der Waals surface area (Å²) in [6.45, 7) is 3.13. The molecule has 3 rings (SSSR count). The van der Waals surface area contributed by atoms with E-state index in [9.17, 15) is 14.0 Å². The fourth-order valence-corrected chi connectivity index (χ4v) is 3.01. The summed E-state index contributed by atoms with van der Waals surface area (Å²) in [4.78, 5) is 27.8. The van der Waals surface area contributed by atoms with Gasteiger partial charge in [0.15, 0.2) is 17.3 Å². The van der Waals surface area contributed by atoms with Gasteiger partial charge in [-0.25, -0.2) is 9.37 Å². The van der Waals surface area contributed by atoms with Gasteiger partial charge in [0.05, 0.1) is 5.75 Å². The number of benzene rings is 2. The maximum absolute atomic E-state index is 13.9. The van der Waals surface area contributed by atoms with E-state index < -0.39 is 5.82 Å². The van der Waals surface area contributed by atoms with E-state index in [4.69, 9.17) is 4.42 Å². The van der Waals surface area contributed by atoms with Crippen molar-refractivity contribution >= 4 is 40.2 Å². The van der Waals surface area contributed by atoms with Crippen LogP contribution in [0.25, 0.3) is 11.1 Å². The highest BCUT2D eigenvalue weighted by molar-refractivity contribution is 8.00. The van der Waals surface area contributed by atoms with Gasteiger partial charge in [-0.15, -0.1) is 11.8 Å². The van der Waals surface area contributed by atoms with Crippen molar-refractivity contribution in [1.82, 2.24) is 4.98 Å². The highest BCUT2D eigenvalue weighted by Crippen LogP contribution is 2.24. The quantitative estimate of drug-likeness (QED) is 0.546. The standard InChI is InChI=1S/C18H15FN2O3S/c1-10(22)12-3-6-17(14(19)7-12)25-9-18(23)21-13-4-5-15-16(8-13)24-11(2)20-15/h3-8H,9H2,1-2H3,(H,21,23). The number of amides is 1. The molecule has 0 spiro atoms. The lowest BCUT2D eigenvalue weighted by Gasteiger charge is -2.06. The minimum Gasteiger partial charge on any atom is -0.441 e. The van der Waals surface area contributed by atoms with Crippen LogP contribution in [0.1, 0.15) is 23.2 Å². The zero-order valence-corrected chi connectivity index (χ0v) is 14.4. The summed E-state index contributed by atoms with van der Waals surface area (Å²) in [5, 5.41) is 2.74. The molecule has 0 aliphatic carbocycles. The van der Waals surface area contributed by atoms with Crippen molar-refractivity contribution in [1.29, 1.82) is 0 Å². The molecule has 0 bridgehead atoms. The normalized spacial score (nSPS) is 10.8. The predicted molar refractivity (Wildman–Crippen MR) is 94.5 cm³/mol. The number of carbonyl (C=O) groups is 2. The van der Waals surface area contributed by atoms with E-state index in [1.54, 1.807) is 31.2 Å². The number of ketones is 1. The number of oxazole rings is 1. The summed E-state index contributed by atoms with van der Waals surface area (Å²) in [5.41, 5.74) is 2.20. The number of anilines is 1. The van der Waals surface area contributed by atoms with E-state index in [0.717, 1.165) is 17.3 Å². The average Bonchev–Trinajstić information content (AvgIpc) is 2.92. The van der Waals surface area contributed by atoms with E-state index in [1.165, 1.54) is 19.1 Å². The Bertz CT molecular complexity index is 968. The Morgan fingerprint density at radius 3 is 2.76 bits per heavy atom. The average molecular weight is 358 g/mol. The van der Waals surface area contributed by atoms with Gasteiger partial charge in [-0.05, 0) is 31.2 Å². The number of thioether (sulfide) groups is 1. The number of aromatic nitrogens is 1. The molecule has 5 nitrogen and oxygen atoms in total. The summed E-state index contributed by atoms with van der Waals surface area (Å²) in [7, 11) is 0. The van der Waals surface area contributed by atoms with Gasteiger partial charge in [0.1, 0.15) is 11.3 Å². The fourth-order valence-electron chi connectivity index (χ4n) is 2.29. The molecule has 7 heteroatoms. The monoisotopic (exact) mass is 358 g/mol. The van der Waals surface area contributed by atoms with Gasteiger partial charge in [-0.3, -0.25) is 9.59 Å². The molecule has 0 fully saturated rings. The third-order valence-corrected chi connectivity index (χ3v) is 4.52. The molecule has 25 heavy (non-hydrogen) atoms. The molecular weight excluding hydrogens is 343 g/mol. The Labute approximate surface area is 147 Å². The fraction of sp³-hybridized carbons (Fsp3) is 0.167. The first-order chi connectivity index (χ1) is 11.9. The largest absolute Gasteiger partial charge is 0.441 e. The molecule has 1 N–H and O–H groups in total. The zero-order valence-electron chi connectivity index (χ0n) is 13.6. The molecule has 0 atom stereocenters. The number of carbonyl (C=O) groups excluding carboxylic acids is 2. The van der Waals surface area contributed by atoms with E-state index in [-0.39, 0.29) is 17.4 Å².